The average Bonchev–Trinajstić information content (AvgIpc) is 2.61. The molecule has 1 rings (SSSR count). The number of allylic oxidation sites excluding steroid dienone is 1. The molecule has 0 aliphatic carbocycles. The van der Waals surface area contributed by atoms with Crippen molar-refractivity contribution in [3.8, 4) is 0 Å². The zero-order chi connectivity index (χ0) is 13.9. The standard InChI is InChI=1S/C12H16N2O3S/c1-7(2)9(15)8-6-13-10(18-8)14-11(16)17-12(3,4)5/h6H,1H2,2-5H3,(H,13,14,16). The molecule has 1 amide bonds. The van der Waals surface area contributed by atoms with Gasteiger partial charge in [0.2, 0.25) is 0 Å². The topological polar surface area (TPSA) is 68.3 Å². The largest absolute Gasteiger partial charge is 0.444 e. The van der Waals surface area contributed by atoms with Crippen molar-refractivity contribution in [3.05, 3.63) is 23.2 Å². The van der Waals surface area contributed by atoms with Gasteiger partial charge in [-0.05, 0) is 33.3 Å². The lowest BCUT2D eigenvalue weighted by Crippen LogP contribution is -2.27. The van der Waals surface area contributed by atoms with Gasteiger partial charge in [0.15, 0.2) is 10.9 Å². The molecule has 0 aliphatic rings. The lowest BCUT2D eigenvalue weighted by Gasteiger charge is -2.18. The summed E-state index contributed by atoms with van der Waals surface area (Å²) in [4.78, 5) is 27.4. The zero-order valence-electron chi connectivity index (χ0n) is 10.9. The highest BCUT2D eigenvalue weighted by molar-refractivity contribution is 7.17. The van der Waals surface area contributed by atoms with Gasteiger partial charge in [0.05, 0.1) is 11.1 Å². The second kappa shape index (κ2) is 5.30. The number of carbonyl (C=O) groups excluding carboxylic acids is 2. The Labute approximate surface area is 110 Å². The molecule has 18 heavy (non-hydrogen) atoms. The lowest BCUT2D eigenvalue weighted by molar-refractivity contribution is 0.0635. The van der Waals surface area contributed by atoms with Crippen LogP contribution in [0.1, 0.15) is 37.4 Å². The Morgan fingerprint density at radius 2 is 2.06 bits per heavy atom. The predicted octanol–water partition coefficient (Wildman–Crippen LogP) is 3.25. The highest BCUT2D eigenvalue weighted by Gasteiger charge is 2.18. The van der Waals surface area contributed by atoms with E-state index in [1.807, 2.05) is 0 Å². The number of rotatable bonds is 3. The van der Waals surface area contributed by atoms with Crippen molar-refractivity contribution in [3.63, 3.8) is 0 Å². The van der Waals surface area contributed by atoms with Crippen LogP contribution in [0.5, 0.6) is 0 Å². The van der Waals surface area contributed by atoms with Crippen LogP contribution >= 0.6 is 11.3 Å². The van der Waals surface area contributed by atoms with E-state index in [4.69, 9.17) is 4.74 Å². The molecule has 1 heterocycles. The van der Waals surface area contributed by atoms with Crippen LogP contribution in [0, 0.1) is 0 Å². The summed E-state index contributed by atoms with van der Waals surface area (Å²) in [5.41, 5.74) is -0.139. The second-order valence-corrected chi connectivity index (χ2v) is 5.80. The number of ether oxygens (including phenoxy) is 1. The molecule has 0 radical (unpaired) electrons. The van der Waals surface area contributed by atoms with Crippen LogP contribution in [0.4, 0.5) is 9.93 Å². The maximum absolute atomic E-state index is 11.6. The number of carbonyl (C=O) groups is 2. The minimum Gasteiger partial charge on any atom is -0.444 e. The molecule has 6 heteroatoms. The third-order valence-electron chi connectivity index (χ3n) is 1.72. The Balaban J connectivity index is 2.68. The summed E-state index contributed by atoms with van der Waals surface area (Å²) in [7, 11) is 0. The number of Topliss-reactive ketones (excluding diaryl/α,β-unsaturated/α-hetero) is 1. The summed E-state index contributed by atoms with van der Waals surface area (Å²) in [5, 5.41) is 2.80. The average molecular weight is 268 g/mol. The first-order valence-electron chi connectivity index (χ1n) is 5.35. The fraction of sp³-hybridized carbons (Fsp3) is 0.417. The van der Waals surface area contributed by atoms with E-state index in [-0.39, 0.29) is 5.78 Å². The van der Waals surface area contributed by atoms with Gasteiger partial charge in [-0.15, -0.1) is 0 Å². The third kappa shape index (κ3) is 4.29. The van der Waals surface area contributed by atoms with E-state index in [1.54, 1.807) is 27.7 Å². The molecule has 5 nitrogen and oxygen atoms in total. The smallest absolute Gasteiger partial charge is 0.413 e. The van der Waals surface area contributed by atoms with Gasteiger partial charge in [-0.2, -0.15) is 0 Å². The maximum Gasteiger partial charge on any atom is 0.413 e. The number of ketones is 1. The Bertz CT molecular complexity index is 486. The van der Waals surface area contributed by atoms with Gasteiger partial charge < -0.3 is 4.74 Å². The number of hydrogen-bond acceptors (Lipinski definition) is 5. The highest BCUT2D eigenvalue weighted by atomic mass is 32.1. The van der Waals surface area contributed by atoms with Crippen molar-refractivity contribution < 1.29 is 14.3 Å². The lowest BCUT2D eigenvalue weighted by atomic mass is 10.2. The van der Waals surface area contributed by atoms with Gasteiger partial charge in [0, 0.05) is 0 Å². The van der Waals surface area contributed by atoms with E-state index in [0.717, 1.165) is 11.3 Å². The van der Waals surface area contributed by atoms with Crippen molar-refractivity contribution in [2.75, 3.05) is 5.32 Å². The molecular weight excluding hydrogens is 252 g/mol. The SMILES string of the molecule is C=C(C)C(=O)c1cnc(NC(=O)OC(C)(C)C)s1. The molecule has 0 saturated carbocycles. The number of hydrogen-bond donors (Lipinski definition) is 1. The molecule has 0 aromatic carbocycles. The van der Waals surface area contributed by atoms with E-state index in [2.05, 4.69) is 16.9 Å². The van der Waals surface area contributed by atoms with Gasteiger partial charge in [0.25, 0.3) is 0 Å². The Morgan fingerprint density at radius 3 is 2.56 bits per heavy atom. The van der Waals surface area contributed by atoms with E-state index in [0.29, 0.717) is 15.6 Å². The summed E-state index contributed by atoms with van der Waals surface area (Å²) in [6.45, 7) is 10.5. The molecule has 0 aliphatic heterocycles. The molecule has 1 aromatic heterocycles. The van der Waals surface area contributed by atoms with Gasteiger partial charge >= 0.3 is 6.09 Å². The fourth-order valence-electron chi connectivity index (χ4n) is 1.04. The molecule has 0 saturated heterocycles. The molecule has 1 aromatic rings. The van der Waals surface area contributed by atoms with Crippen molar-refractivity contribution in [1.29, 1.82) is 0 Å². The van der Waals surface area contributed by atoms with Gasteiger partial charge in [-0.3, -0.25) is 10.1 Å². The Morgan fingerprint density at radius 1 is 1.44 bits per heavy atom. The van der Waals surface area contributed by atoms with E-state index >= 15 is 0 Å². The van der Waals surface area contributed by atoms with E-state index < -0.39 is 11.7 Å². The molecule has 0 spiro atoms. The van der Waals surface area contributed by atoms with Crippen molar-refractivity contribution in [1.82, 2.24) is 4.98 Å². The van der Waals surface area contributed by atoms with Crippen molar-refractivity contribution in [2.24, 2.45) is 0 Å². The number of amides is 1. The first-order chi connectivity index (χ1) is 8.19. The Kier molecular flexibility index (Phi) is 4.24. The normalized spacial score (nSPS) is 10.9. The molecule has 1 N–H and O–H groups in total. The first kappa shape index (κ1) is 14.4. The molecule has 98 valence electrons. The number of thiazole rings is 1. The summed E-state index contributed by atoms with van der Waals surface area (Å²) in [6.07, 6.45) is 0.820. The van der Waals surface area contributed by atoms with Crippen LogP contribution in [0.3, 0.4) is 0 Å². The van der Waals surface area contributed by atoms with Crippen LogP contribution < -0.4 is 5.32 Å². The van der Waals surface area contributed by atoms with Gasteiger partial charge in [-0.25, -0.2) is 9.78 Å². The number of nitrogens with one attached hydrogen (secondary N) is 1. The monoisotopic (exact) mass is 268 g/mol. The number of anilines is 1. The van der Waals surface area contributed by atoms with Crippen LogP contribution in [0.15, 0.2) is 18.3 Å². The van der Waals surface area contributed by atoms with Crippen molar-refractivity contribution >= 4 is 28.3 Å². The highest BCUT2D eigenvalue weighted by Crippen LogP contribution is 2.21. The Hall–Kier alpha value is -1.69. The van der Waals surface area contributed by atoms with E-state index in [1.165, 1.54) is 6.20 Å². The second-order valence-electron chi connectivity index (χ2n) is 4.77. The molecule has 0 unspecified atom stereocenters. The minimum atomic E-state index is -0.592. The summed E-state index contributed by atoms with van der Waals surface area (Å²) < 4.78 is 5.07. The molecule has 0 bridgehead atoms. The van der Waals surface area contributed by atoms with Gasteiger partial charge in [-0.1, -0.05) is 17.9 Å². The number of nitrogens with zero attached hydrogens (tertiary/aromatic N) is 1. The van der Waals surface area contributed by atoms with E-state index in [9.17, 15) is 9.59 Å². The first-order valence-corrected chi connectivity index (χ1v) is 6.17. The fourth-order valence-corrected chi connectivity index (χ4v) is 1.86. The summed E-state index contributed by atoms with van der Waals surface area (Å²) in [6, 6.07) is 0. The van der Waals surface area contributed by atoms with Crippen LogP contribution in [-0.2, 0) is 4.74 Å². The maximum atomic E-state index is 11.6. The van der Waals surface area contributed by atoms with Crippen LogP contribution in [0.2, 0.25) is 0 Å². The zero-order valence-corrected chi connectivity index (χ0v) is 11.7. The number of aromatic nitrogens is 1. The minimum absolute atomic E-state index is 0.176. The molecule has 0 fully saturated rings. The molecular formula is C12H16N2O3S. The quantitative estimate of drug-likeness (QED) is 0.675. The van der Waals surface area contributed by atoms with Gasteiger partial charge in [0.1, 0.15) is 5.60 Å². The van der Waals surface area contributed by atoms with Crippen LogP contribution in [-0.4, -0.2) is 22.5 Å². The molecule has 0 atom stereocenters. The summed E-state index contributed by atoms with van der Waals surface area (Å²) >= 11 is 1.09. The predicted molar refractivity (Wildman–Crippen MR) is 71.1 cm³/mol. The third-order valence-corrected chi connectivity index (χ3v) is 2.64. The van der Waals surface area contributed by atoms with Crippen molar-refractivity contribution in [2.45, 2.75) is 33.3 Å². The summed E-state index contributed by atoms with van der Waals surface area (Å²) in [5.74, 6) is -0.176. The van der Waals surface area contributed by atoms with Crippen LogP contribution in [0.25, 0.3) is 0 Å².